The smallest absolute Gasteiger partial charge is 0.407 e. The molecule has 13 heteroatoms. The summed E-state index contributed by atoms with van der Waals surface area (Å²) in [7, 11) is 0. The molecule has 2 rings (SSSR count). The average Bonchev–Trinajstić information content (AvgIpc) is 3.01. The second kappa shape index (κ2) is 20.2. The van der Waals surface area contributed by atoms with E-state index in [0.717, 1.165) is 44.6 Å². The number of carbonyl (C=O) groups excluding carboxylic acids is 5. The summed E-state index contributed by atoms with van der Waals surface area (Å²) in [6, 6.07) is -0.0171. The molecule has 0 saturated heterocycles. The normalized spacial score (nSPS) is 26.1. The van der Waals surface area contributed by atoms with E-state index in [1.165, 1.54) is 0 Å². The molecule has 0 aromatic carbocycles. The summed E-state index contributed by atoms with van der Waals surface area (Å²) >= 11 is 0. The van der Waals surface area contributed by atoms with E-state index in [1.807, 2.05) is 6.92 Å². The topological polar surface area (TPSA) is 165 Å². The Morgan fingerprint density at radius 1 is 0.769 bits per heavy atom. The molecule has 2 aliphatic carbocycles. The molecule has 0 aromatic rings. The highest BCUT2D eigenvalue weighted by Gasteiger charge is 2.43. The fourth-order valence-corrected chi connectivity index (χ4v) is 8.64. The standard InChI is InChI=1S/C39H66N2O11/c1-11-31(42)48-15-16-49-34(45)40-26-39(10)19-29(18-36(5,6)25-39)17-33(44)51-22-27(3)50-23-28(4)52-32(43)13-14-38(9)21-30(20-37(7,8)24-38)41-35(46)47-12-2/h11,27-30H,1,12-26H2,2-10H3,(H,40,45)(H,41,46). The molecule has 2 saturated carbocycles. The monoisotopic (exact) mass is 738 g/mol. The van der Waals surface area contributed by atoms with E-state index < -0.39 is 24.3 Å². The zero-order valence-electron chi connectivity index (χ0n) is 33.2. The molecule has 0 aliphatic heterocycles. The van der Waals surface area contributed by atoms with Gasteiger partial charge in [-0.25, -0.2) is 14.4 Å². The third kappa shape index (κ3) is 17.4. The van der Waals surface area contributed by atoms with E-state index >= 15 is 0 Å². The molecule has 52 heavy (non-hydrogen) atoms. The Hall–Kier alpha value is -3.35. The summed E-state index contributed by atoms with van der Waals surface area (Å²) < 4.78 is 32.0. The predicted octanol–water partition coefficient (Wildman–Crippen LogP) is 6.66. The van der Waals surface area contributed by atoms with Gasteiger partial charge in [0.05, 0.1) is 19.3 Å². The van der Waals surface area contributed by atoms with E-state index in [9.17, 15) is 24.0 Å². The maximum Gasteiger partial charge on any atom is 0.407 e. The van der Waals surface area contributed by atoms with Crippen LogP contribution in [-0.2, 0) is 42.8 Å². The quantitative estimate of drug-likeness (QED) is 0.0631. The third-order valence-corrected chi connectivity index (χ3v) is 9.77. The zero-order chi connectivity index (χ0) is 39.2. The minimum Gasteiger partial charge on any atom is -0.463 e. The van der Waals surface area contributed by atoms with Crippen LogP contribution in [0.15, 0.2) is 12.7 Å². The van der Waals surface area contributed by atoms with Crippen molar-refractivity contribution >= 4 is 30.1 Å². The van der Waals surface area contributed by atoms with Crippen LogP contribution < -0.4 is 10.6 Å². The van der Waals surface area contributed by atoms with Crippen molar-refractivity contribution in [1.29, 1.82) is 0 Å². The Labute approximate surface area is 310 Å². The molecule has 2 amide bonds. The van der Waals surface area contributed by atoms with E-state index in [4.69, 9.17) is 28.4 Å². The van der Waals surface area contributed by atoms with Crippen molar-refractivity contribution in [2.24, 2.45) is 27.6 Å². The van der Waals surface area contributed by atoms with Gasteiger partial charge in [0.25, 0.3) is 0 Å². The Morgan fingerprint density at radius 2 is 1.42 bits per heavy atom. The molecule has 6 atom stereocenters. The minimum atomic E-state index is -0.592. The van der Waals surface area contributed by atoms with Crippen LogP contribution >= 0.6 is 0 Å². The molecule has 2 N–H and O–H groups in total. The van der Waals surface area contributed by atoms with Crippen LogP contribution in [-0.4, -0.2) is 87.9 Å². The van der Waals surface area contributed by atoms with Gasteiger partial charge in [-0.05, 0) is 93.3 Å². The number of hydrogen-bond donors (Lipinski definition) is 2. The Kier molecular flexibility index (Phi) is 17.4. The average molecular weight is 739 g/mol. The molecular formula is C39H66N2O11. The number of ether oxygens (including phenoxy) is 6. The first-order chi connectivity index (χ1) is 24.2. The maximum atomic E-state index is 12.9. The molecule has 6 unspecified atom stereocenters. The van der Waals surface area contributed by atoms with Crippen molar-refractivity contribution < 1.29 is 52.4 Å². The van der Waals surface area contributed by atoms with E-state index in [2.05, 4.69) is 58.8 Å². The first kappa shape index (κ1) is 44.8. The van der Waals surface area contributed by atoms with Crippen LogP contribution in [0.25, 0.3) is 0 Å². The van der Waals surface area contributed by atoms with Crippen molar-refractivity contribution in [2.75, 3.05) is 39.6 Å². The number of alkyl carbamates (subject to hydrolysis) is 2. The van der Waals surface area contributed by atoms with Gasteiger partial charge in [0.1, 0.15) is 25.9 Å². The first-order valence-corrected chi connectivity index (χ1v) is 18.8. The van der Waals surface area contributed by atoms with Gasteiger partial charge in [0.15, 0.2) is 0 Å². The Balaban J connectivity index is 1.72. The highest BCUT2D eigenvalue weighted by Crippen LogP contribution is 2.50. The fraction of sp³-hybridized carbons (Fsp3) is 0.821. The van der Waals surface area contributed by atoms with Gasteiger partial charge in [0, 0.05) is 31.5 Å². The largest absolute Gasteiger partial charge is 0.463 e. The van der Waals surface area contributed by atoms with E-state index in [-0.39, 0.29) is 90.9 Å². The minimum absolute atomic E-state index is 0.0115. The fourth-order valence-electron chi connectivity index (χ4n) is 8.64. The number of rotatable bonds is 19. The molecule has 0 radical (unpaired) electrons. The molecular weight excluding hydrogens is 672 g/mol. The van der Waals surface area contributed by atoms with Gasteiger partial charge < -0.3 is 39.1 Å². The number of esters is 3. The van der Waals surface area contributed by atoms with Crippen LogP contribution in [0.4, 0.5) is 9.59 Å². The van der Waals surface area contributed by atoms with E-state index in [1.54, 1.807) is 13.8 Å². The molecule has 0 spiro atoms. The summed E-state index contributed by atoms with van der Waals surface area (Å²) in [5.74, 6) is -1.10. The van der Waals surface area contributed by atoms with Crippen molar-refractivity contribution in [3.8, 4) is 0 Å². The van der Waals surface area contributed by atoms with E-state index in [0.29, 0.717) is 19.6 Å². The lowest BCUT2D eigenvalue weighted by Crippen LogP contribution is -2.47. The lowest BCUT2D eigenvalue weighted by molar-refractivity contribution is -0.155. The second-order valence-corrected chi connectivity index (χ2v) is 17.2. The van der Waals surface area contributed by atoms with Crippen molar-refractivity contribution in [3.05, 3.63) is 12.7 Å². The summed E-state index contributed by atoms with van der Waals surface area (Å²) in [5.41, 5.74) is -0.413. The highest BCUT2D eigenvalue weighted by atomic mass is 16.6. The van der Waals surface area contributed by atoms with Gasteiger partial charge in [-0.2, -0.15) is 0 Å². The lowest BCUT2D eigenvalue weighted by Gasteiger charge is -2.46. The summed E-state index contributed by atoms with van der Waals surface area (Å²) in [4.78, 5) is 61.0. The van der Waals surface area contributed by atoms with Crippen molar-refractivity contribution in [3.63, 3.8) is 0 Å². The Morgan fingerprint density at radius 3 is 2.10 bits per heavy atom. The number of amides is 2. The maximum absolute atomic E-state index is 12.9. The number of carbonyl (C=O) groups is 5. The van der Waals surface area contributed by atoms with Gasteiger partial charge >= 0.3 is 30.1 Å². The second-order valence-electron chi connectivity index (χ2n) is 17.2. The zero-order valence-corrected chi connectivity index (χ0v) is 33.2. The number of hydrogen-bond acceptors (Lipinski definition) is 11. The van der Waals surface area contributed by atoms with Crippen molar-refractivity contribution in [1.82, 2.24) is 10.6 Å². The van der Waals surface area contributed by atoms with Gasteiger partial charge in [0.2, 0.25) is 0 Å². The first-order valence-electron chi connectivity index (χ1n) is 18.8. The third-order valence-electron chi connectivity index (χ3n) is 9.77. The molecule has 0 heterocycles. The van der Waals surface area contributed by atoms with Gasteiger partial charge in [-0.15, -0.1) is 0 Å². The molecule has 13 nitrogen and oxygen atoms in total. The molecule has 2 fully saturated rings. The summed E-state index contributed by atoms with van der Waals surface area (Å²) in [6.07, 6.45) is 5.37. The molecule has 2 aliphatic rings. The van der Waals surface area contributed by atoms with Crippen LogP contribution in [0.2, 0.25) is 0 Å². The molecule has 0 aromatic heterocycles. The highest BCUT2D eigenvalue weighted by molar-refractivity contribution is 5.81. The van der Waals surface area contributed by atoms with Crippen LogP contribution in [0.1, 0.15) is 120 Å². The predicted molar refractivity (Wildman–Crippen MR) is 195 cm³/mol. The Bertz CT molecular complexity index is 1220. The van der Waals surface area contributed by atoms with Gasteiger partial charge in [-0.1, -0.05) is 48.1 Å². The van der Waals surface area contributed by atoms with Gasteiger partial charge in [-0.3, -0.25) is 9.59 Å². The van der Waals surface area contributed by atoms with Crippen LogP contribution in [0.3, 0.4) is 0 Å². The molecule has 0 bridgehead atoms. The lowest BCUT2D eigenvalue weighted by atomic mass is 9.60. The SMILES string of the molecule is C=CC(=O)OCCOC(=O)NCC1(C)CC(CC(=O)OCC(C)OCC(C)OC(=O)CCC2(C)CC(NC(=O)OCC)CC(C)(C)C2)CC(C)(C)C1. The van der Waals surface area contributed by atoms with Crippen LogP contribution in [0, 0.1) is 27.6 Å². The summed E-state index contributed by atoms with van der Waals surface area (Å²) in [6.45, 7) is 22.5. The molecule has 298 valence electrons. The van der Waals surface area contributed by atoms with Crippen molar-refractivity contribution in [2.45, 2.75) is 138 Å². The summed E-state index contributed by atoms with van der Waals surface area (Å²) in [5, 5.41) is 5.80. The number of nitrogens with one attached hydrogen (secondary N) is 2. The van der Waals surface area contributed by atoms with Crippen LogP contribution in [0.5, 0.6) is 0 Å².